The molecule has 1 amide bonds. The molecule has 6 nitrogen and oxygen atoms in total. The molecule has 3 rings (SSSR count). The Kier molecular flexibility index (Phi) is 3.47. The Bertz CT molecular complexity index is 592. The Morgan fingerprint density at radius 2 is 2.10 bits per heavy atom. The number of aliphatic hydroxyl groups excluding tert-OH is 1. The largest absolute Gasteiger partial charge is 0.395 e. The second-order valence-corrected chi connectivity index (χ2v) is 4.80. The van der Waals surface area contributed by atoms with Gasteiger partial charge in [-0.05, 0) is 25.0 Å². The van der Waals surface area contributed by atoms with Crippen molar-refractivity contribution < 1.29 is 9.90 Å². The molecule has 20 heavy (non-hydrogen) atoms. The Labute approximate surface area is 116 Å². The van der Waals surface area contributed by atoms with Crippen LogP contribution in [0.1, 0.15) is 23.5 Å². The molecule has 0 aliphatic heterocycles. The van der Waals surface area contributed by atoms with Crippen molar-refractivity contribution in [3.8, 4) is 5.69 Å². The van der Waals surface area contributed by atoms with E-state index in [0.717, 1.165) is 18.5 Å². The smallest absolute Gasteiger partial charge is 0.293 e. The molecule has 0 spiro atoms. The van der Waals surface area contributed by atoms with E-state index in [4.69, 9.17) is 5.11 Å². The molecule has 1 aliphatic carbocycles. The molecule has 1 saturated carbocycles. The highest BCUT2D eigenvalue weighted by atomic mass is 16.3. The van der Waals surface area contributed by atoms with Crippen LogP contribution in [0.25, 0.3) is 5.69 Å². The third kappa shape index (κ3) is 2.55. The topological polar surface area (TPSA) is 71.2 Å². The Balaban J connectivity index is 1.80. The van der Waals surface area contributed by atoms with Gasteiger partial charge in [0.1, 0.15) is 6.33 Å². The fourth-order valence-corrected chi connectivity index (χ4v) is 2.14. The van der Waals surface area contributed by atoms with E-state index in [1.807, 2.05) is 30.3 Å². The van der Waals surface area contributed by atoms with Crippen LogP contribution in [0.5, 0.6) is 0 Å². The van der Waals surface area contributed by atoms with Crippen LogP contribution in [0.4, 0.5) is 0 Å². The second kappa shape index (κ2) is 5.42. The van der Waals surface area contributed by atoms with Gasteiger partial charge in [0, 0.05) is 12.6 Å². The minimum absolute atomic E-state index is 0.0400. The molecular weight excluding hydrogens is 256 g/mol. The quantitative estimate of drug-likeness (QED) is 0.876. The lowest BCUT2D eigenvalue weighted by Gasteiger charge is -2.19. The summed E-state index contributed by atoms with van der Waals surface area (Å²) < 4.78 is 1.58. The van der Waals surface area contributed by atoms with E-state index in [9.17, 15) is 4.79 Å². The van der Waals surface area contributed by atoms with Gasteiger partial charge in [-0.2, -0.15) is 0 Å². The monoisotopic (exact) mass is 272 g/mol. The molecule has 0 bridgehead atoms. The molecule has 1 fully saturated rings. The highest BCUT2D eigenvalue weighted by Crippen LogP contribution is 2.27. The van der Waals surface area contributed by atoms with Gasteiger partial charge >= 0.3 is 0 Å². The molecule has 1 aliphatic rings. The van der Waals surface area contributed by atoms with Crippen molar-refractivity contribution in [3.05, 3.63) is 42.5 Å². The maximum Gasteiger partial charge on any atom is 0.293 e. The average molecular weight is 272 g/mol. The van der Waals surface area contributed by atoms with Gasteiger partial charge < -0.3 is 10.0 Å². The van der Waals surface area contributed by atoms with Crippen LogP contribution in [0.15, 0.2) is 36.7 Å². The minimum atomic E-state index is -0.212. The maximum absolute atomic E-state index is 12.3. The van der Waals surface area contributed by atoms with Crippen LogP contribution in [-0.4, -0.2) is 49.9 Å². The van der Waals surface area contributed by atoms with Crippen LogP contribution in [0.2, 0.25) is 0 Å². The van der Waals surface area contributed by atoms with Crippen molar-refractivity contribution in [1.29, 1.82) is 0 Å². The standard InChI is InChI=1S/C14H16N4O2/c19-9-8-17(11-6-7-11)14(20)13-15-10-18(16-13)12-4-2-1-3-5-12/h1-5,10-11,19H,6-9H2. The lowest BCUT2D eigenvalue weighted by atomic mass is 10.3. The minimum Gasteiger partial charge on any atom is -0.395 e. The second-order valence-electron chi connectivity index (χ2n) is 4.80. The summed E-state index contributed by atoms with van der Waals surface area (Å²) in [6.45, 7) is 0.297. The van der Waals surface area contributed by atoms with Gasteiger partial charge in [-0.3, -0.25) is 4.79 Å². The fourth-order valence-electron chi connectivity index (χ4n) is 2.14. The van der Waals surface area contributed by atoms with E-state index in [1.54, 1.807) is 9.58 Å². The van der Waals surface area contributed by atoms with Crippen molar-refractivity contribution in [2.75, 3.05) is 13.2 Å². The number of para-hydroxylation sites is 1. The maximum atomic E-state index is 12.3. The molecule has 1 aromatic carbocycles. The first kappa shape index (κ1) is 12.8. The summed E-state index contributed by atoms with van der Waals surface area (Å²) in [6, 6.07) is 9.76. The van der Waals surface area contributed by atoms with Crippen LogP contribution in [0, 0.1) is 0 Å². The third-order valence-electron chi connectivity index (χ3n) is 3.29. The van der Waals surface area contributed by atoms with E-state index in [0.29, 0.717) is 6.54 Å². The predicted molar refractivity (Wildman–Crippen MR) is 72.5 cm³/mol. The number of amides is 1. The zero-order valence-electron chi connectivity index (χ0n) is 11.0. The number of hydrogen-bond donors (Lipinski definition) is 1. The summed E-state index contributed by atoms with van der Waals surface area (Å²) in [7, 11) is 0. The SMILES string of the molecule is O=C(c1ncn(-c2ccccc2)n1)N(CCO)C1CC1. The summed E-state index contributed by atoms with van der Waals surface area (Å²) in [5.74, 6) is -0.0366. The number of carbonyl (C=O) groups is 1. The average Bonchev–Trinajstić information content (AvgIpc) is 3.21. The Morgan fingerprint density at radius 1 is 1.35 bits per heavy atom. The molecule has 0 unspecified atom stereocenters. The van der Waals surface area contributed by atoms with Gasteiger partial charge in [-0.1, -0.05) is 18.2 Å². The van der Waals surface area contributed by atoms with Gasteiger partial charge in [0.2, 0.25) is 5.82 Å². The lowest BCUT2D eigenvalue weighted by Crippen LogP contribution is -2.36. The van der Waals surface area contributed by atoms with Crippen LogP contribution >= 0.6 is 0 Å². The normalized spacial score (nSPS) is 14.2. The number of aliphatic hydroxyl groups is 1. The van der Waals surface area contributed by atoms with Gasteiger partial charge in [0.25, 0.3) is 5.91 Å². The third-order valence-corrected chi connectivity index (χ3v) is 3.29. The molecule has 0 saturated heterocycles. The van der Waals surface area contributed by atoms with Gasteiger partial charge in [-0.15, -0.1) is 5.10 Å². The molecule has 1 N–H and O–H groups in total. The number of benzene rings is 1. The summed E-state index contributed by atoms with van der Waals surface area (Å²) in [5, 5.41) is 13.3. The van der Waals surface area contributed by atoms with Crippen molar-refractivity contribution in [2.24, 2.45) is 0 Å². The van der Waals surface area contributed by atoms with E-state index in [2.05, 4.69) is 10.1 Å². The molecule has 2 aromatic rings. The summed E-state index contributed by atoms with van der Waals surface area (Å²) in [6.07, 6.45) is 3.52. The molecule has 104 valence electrons. The molecule has 6 heteroatoms. The van der Waals surface area contributed by atoms with Crippen molar-refractivity contribution >= 4 is 5.91 Å². The highest BCUT2D eigenvalue weighted by Gasteiger charge is 2.34. The van der Waals surface area contributed by atoms with Gasteiger partial charge in [-0.25, -0.2) is 9.67 Å². The number of rotatable bonds is 5. The summed E-state index contributed by atoms with van der Waals surface area (Å²) in [5.41, 5.74) is 0.860. The summed E-state index contributed by atoms with van der Waals surface area (Å²) >= 11 is 0. The highest BCUT2D eigenvalue weighted by molar-refractivity contribution is 5.90. The van der Waals surface area contributed by atoms with E-state index in [-0.39, 0.29) is 24.4 Å². The molecule has 0 radical (unpaired) electrons. The number of hydrogen-bond acceptors (Lipinski definition) is 4. The van der Waals surface area contributed by atoms with Crippen LogP contribution < -0.4 is 0 Å². The molecule has 0 atom stereocenters. The first-order chi connectivity index (χ1) is 9.79. The number of nitrogens with zero attached hydrogens (tertiary/aromatic N) is 4. The lowest BCUT2D eigenvalue weighted by molar-refractivity contribution is 0.0695. The van der Waals surface area contributed by atoms with Crippen molar-refractivity contribution in [1.82, 2.24) is 19.7 Å². The Hall–Kier alpha value is -2.21. The zero-order valence-corrected chi connectivity index (χ0v) is 11.0. The predicted octanol–water partition coefficient (Wildman–Crippen LogP) is 0.864. The molecular formula is C14H16N4O2. The van der Waals surface area contributed by atoms with Crippen molar-refractivity contribution in [3.63, 3.8) is 0 Å². The van der Waals surface area contributed by atoms with Crippen LogP contribution in [0.3, 0.4) is 0 Å². The fraction of sp³-hybridized carbons (Fsp3) is 0.357. The van der Waals surface area contributed by atoms with Gasteiger partial charge in [0.05, 0.1) is 12.3 Å². The van der Waals surface area contributed by atoms with E-state index < -0.39 is 0 Å². The first-order valence-corrected chi connectivity index (χ1v) is 6.68. The number of aromatic nitrogens is 3. The van der Waals surface area contributed by atoms with E-state index in [1.165, 1.54) is 6.33 Å². The zero-order chi connectivity index (χ0) is 13.9. The first-order valence-electron chi connectivity index (χ1n) is 6.68. The van der Waals surface area contributed by atoms with Crippen LogP contribution in [-0.2, 0) is 0 Å². The van der Waals surface area contributed by atoms with Gasteiger partial charge in [0.15, 0.2) is 0 Å². The van der Waals surface area contributed by atoms with E-state index >= 15 is 0 Å². The number of carbonyl (C=O) groups excluding carboxylic acids is 1. The summed E-state index contributed by atoms with van der Waals surface area (Å²) in [4.78, 5) is 18.1. The van der Waals surface area contributed by atoms with Crippen molar-refractivity contribution in [2.45, 2.75) is 18.9 Å². The Morgan fingerprint density at radius 3 is 2.75 bits per heavy atom. The molecule has 1 heterocycles. The molecule has 1 aromatic heterocycles.